The molecule has 1 heterocycles. The van der Waals surface area contributed by atoms with Gasteiger partial charge in [0, 0.05) is 27.0 Å². The Labute approximate surface area is 214 Å². The number of carbonyl (C=O) groups excluding carboxylic acids is 1. The van der Waals surface area contributed by atoms with E-state index in [1.807, 2.05) is 35.2 Å². The Hall–Kier alpha value is -1.27. The summed E-state index contributed by atoms with van der Waals surface area (Å²) < 4.78 is 7.25. The molecule has 3 fully saturated rings. The van der Waals surface area contributed by atoms with Crippen molar-refractivity contribution in [2.75, 3.05) is 0 Å². The third-order valence-electron chi connectivity index (χ3n) is 6.91. The smallest absolute Gasteiger partial charge is 0.270 e. The fourth-order valence-corrected chi connectivity index (χ4v) is 7.10. The summed E-state index contributed by atoms with van der Waals surface area (Å²) >= 11 is 20.0. The quantitative estimate of drug-likeness (QED) is 0.230. The molecule has 2 aromatic carbocycles. The van der Waals surface area contributed by atoms with Gasteiger partial charge in [0.2, 0.25) is 0 Å². The van der Waals surface area contributed by atoms with Crippen LogP contribution in [0, 0.1) is 0 Å². The van der Waals surface area contributed by atoms with Crippen molar-refractivity contribution in [3.05, 3.63) is 50.8 Å². The first kappa shape index (κ1) is 23.5. The molecule has 33 heavy (non-hydrogen) atoms. The summed E-state index contributed by atoms with van der Waals surface area (Å²) in [6, 6.07) is 9.79. The van der Waals surface area contributed by atoms with Gasteiger partial charge in [-0.1, -0.05) is 78.9 Å². The standard InChI is InChI=1S/C26H27Cl2NO2S2/c27-18-11-12-21-16(14-18)13-17(15-22(21)28)23(31-20-9-5-2-6-10-20)24-25(30)29(26(32)33-24)19-7-3-1-4-8-19/h11-15,19-20H,1-10H2. The highest BCUT2D eigenvalue weighted by Crippen LogP contribution is 2.43. The van der Waals surface area contributed by atoms with Gasteiger partial charge in [-0.3, -0.25) is 9.69 Å². The summed E-state index contributed by atoms with van der Waals surface area (Å²) in [5.74, 6) is 0.589. The second kappa shape index (κ2) is 10.2. The van der Waals surface area contributed by atoms with Crippen LogP contribution in [0.3, 0.4) is 0 Å². The normalized spacial score (nSPS) is 22.3. The number of ether oxygens (including phenoxy) is 1. The van der Waals surface area contributed by atoms with Crippen LogP contribution < -0.4 is 0 Å². The van der Waals surface area contributed by atoms with Crippen LogP contribution in [0.5, 0.6) is 0 Å². The number of carbonyl (C=O) groups is 1. The largest absolute Gasteiger partial charge is 0.488 e. The number of hydrogen-bond acceptors (Lipinski definition) is 4. The number of rotatable bonds is 4. The summed E-state index contributed by atoms with van der Waals surface area (Å²) in [6.07, 6.45) is 11.2. The highest BCUT2D eigenvalue weighted by Gasteiger charge is 2.40. The molecule has 0 aromatic heterocycles. The minimum atomic E-state index is -0.0231. The van der Waals surface area contributed by atoms with Crippen LogP contribution in [-0.4, -0.2) is 27.3 Å². The lowest BCUT2D eigenvalue weighted by molar-refractivity contribution is -0.124. The monoisotopic (exact) mass is 519 g/mol. The second-order valence-corrected chi connectivity index (χ2v) is 11.7. The van der Waals surface area contributed by atoms with Crippen molar-refractivity contribution in [2.24, 2.45) is 0 Å². The maximum atomic E-state index is 13.7. The molecule has 1 saturated heterocycles. The van der Waals surface area contributed by atoms with Crippen LogP contribution in [0.4, 0.5) is 0 Å². The highest BCUT2D eigenvalue weighted by atomic mass is 35.5. The number of amides is 1. The van der Waals surface area contributed by atoms with Gasteiger partial charge >= 0.3 is 0 Å². The van der Waals surface area contributed by atoms with E-state index in [1.54, 1.807) is 0 Å². The van der Waals surface area contributed by atoms with E-state index < -0.39 is 0 Å². The van der Waals surface area contributed by atoms with Gasteiger partial charge in [0.25, 0.3) is 5.91 Å². The van der Waals surface area contributed by atoms with Crippen LogP contribution in [0.25, 0.3) is 16.5 Å². The number of thioether (sulfide) groups is 1. The van der Waals surface area contributed by atoms with Crippen molar-refractivity contribution >= 4 is 73.9 Å². The van der Waals surface area contributed by atoms with Gasteiger partial charge in [-0.25, -0.2) is 0 Å². The van der Waals surface area contributed by atoms with Crippen molar-refractivity contribution in [2.45, 2.75) is 76.4 Å². The number of thiocarbonyl (C=S) groups is 1. The molecule has 0 N–H and O–H groups in total. The summed E-state index contributed by atoms with van der Waals surface area (Å²) in [6.45, 7) is 0. The topological polar surface area (TPSA) is 29.5 Å². The fourth-order valence-electron chi connectivity index (χ4n) is 5.20. The minimum absolute atomic E-state index is 0.0231. The van der Waals surface area contributed by atoms with E-state index in [0.717, 1.165) is 67.7 Å². The van der Waals surface area contributed by atoms with Crippen LogP contribution in [0.15, 0.2) is 35.2 Å². The highest BCUT2D eigenvalue weighted by molar-refractivity contribution is 8.26. The zero-order chi connectivity index (χ0) is 22.9. The number of hydrogen-bond donors (Lipinski definition) is 0. The Balaban J connectivity index is 1.59. The summed E-state index contributed by atoms with van der Waals surface area (Å²) in [7, 11) is 0. The van der Waals surface area contributed by atoms with Crippen molar-refractivity contribution in [1.29, 1.82) is 0 Å². The molecule has 3 aliphatic rings. The molecular formula is C26H27Cl2NO2S2. The van der Waals surface area contributed by atoms with Gasteiger partial charge in [0.1, 0.15) is 15.0 Å². The first-order valence-corrected chi connectivity index (χ1v) is 13.8. The molecule has 2 saturated carbocycles. The van der Waals surface area contributed by atoms with Gasteiger partial charge < -0.3 is 4.74 Å². The van der Waals surface area contributed by atoms with Crippen LogP contribution in [-0.2, 0) is 9.53 Å². The van der Waals surface area contributed by atoms with Crippen molar-refractivity contribution in [3.8, 4) is 0 Å². The first-order valence-electron chi connectivity index (χ1n) is 11.9. The fraction of sp³-hybridized carbons (Fsp3) is 0.462. The molecule has 0 radical (unpaired) electrons. The molecule has 5 rings (SSSR count). The van der Waals surface area contributed by atoms with Crippen molar-refractivity contribution in [3.63, 3.8) is 0 Å². The Morgan fingerprint density at radius 3 is 2.39 bits per heavy atom. The lowest BCUT2D eigenvalue weighted by atomic mass is 9.94. The van der Waals surface area contributed by atoms with E-state index in [0.29, 0.717) is 25.0 Å². The molecule has 0 spiro atoms. The molecule has 0 unspecified atom stereocenters. The average molecular weight is 521 g/mol. The molecule has 0 bridgehead atoms. The molecule has 1 amide bonds. The Bertz CT molecular complexity index is 1120. The zero-order valence-corrected chi connectivity index (χ0v) is 21.6. The number of fused-ring (bicyclic) bond motifs is 1. The van der Waals surface area contributed by atoms with Gasteiger partial charge in [-0.15, -0.1) is 0 Å². The van der Waals surface area contributed by atoms with Gasteiger partial charge in [0.15, 0.2) is 0 Å². The molecule has 1 aliphatic heterocycles. The predicted octanol–water partition coefficient (Wildman–Crippen LogP) is 8.36. The third kappa shape index (κ3) is 4.93. The maximum absolute atomic E-state index is 13.7. The van der Waals surface area contributed by atoms with E-state index in [2.05, 4.69) is 0 Å². The number of halogens is 2. The minimum Gasteiger partial charge on any atom is -0.488 e. The van der Waals surface area contributed by atoms with Gasteiger partial charge in [0.05, 0.1) is 6.10 Å². The zero-order valence-electron chi connectivity index (χ0n) is 18.4. The van der Waals surface area contributed by atoms with Gasteiger partial charge in [-0.2, -0.15) is 0 Å². The van der Waals surface area contributed by atoms with Gasteiger partial charge in [-0.05, 0) is 68.2 Å². The Kier molecular flexibility index (Phi) is 7.22. The second-order valence-electron chi connectivity index (χ2n) is 9.19. The molecular weight excluding hydrogens is 493 g/mol. The molecule has 2 aromatic rings. The lowest BCUT2D eigenvalue weighted by Gasteiger charge is -2.30. The number of benzene rings is 2. The Morgan fingerprint density at radius 2 is 1.67 bits per heavy atom. The van der Waals surface area contributed by atoms with Crippen LogP contribution in [0.1, 0.15) is 69.8 Å². The lowest BCUT2D eigenvalue weighted by Crippen LogP contribution is -2.39. The Morgan fingerprint density at radius 1 is 0.970 bits per heavy atom. The average Bonchev–Trinajstić information content (AvgIpc) is 3.11. The van der Waals surface area contributed by atoms with E-state index in [9.17, 15) is 4.79 Å². The summed E-state index contributed by atoms with van der Waals surface area (Å²) in [5, 5.41) is 3.12. The van der Waals surface area contributed by atoms with E-state index in [-0.39, 0.29) is 18.1 Å². The molecule has 0 atom stereocenters. The molecule has 3 nitrogen and oxygen atoms in total. The van der Waals surface area contributed by atoms with Crippen molar-refractivity contribution < 1.29 is 9.53 Å². The SMILES string of the molecule is O=C1C(=C(OC2CCCCC2)c2cc(Cl)c3ccc(Cl)cc3c2)SC(=S)N1C1CCCCC1. The molecule has 7 heteroatoms. The first-order chi connectivity index (χ1) is 16.0. The van der Waals surface area contributed by atoms with E-state index in [1.165, 1.54) is 24.6 Å². The number of nitrogens with zero attached hydrogens (tertiary/aromatic N) is 1. The third-order valence-corrected chi connectivity index (χ3v) is 8.84. The molecule has 2 aliphatic carbocycles. The van der Waals surface area contributed by atoms with E-state index >= 15 is 0 Å². The van der Waals surface area contributed by atoms with E-state index in [4.69, 9.17) is 40.2 Å². The summed E-state index contributed by atoms with van der Waals surface area (Å²) in [5.41, 5.74) is 0.810. The van der Waals surface area contributed by atoms with Crippen molar-refractivity contribution in [1.82, 2.24) is 4.90 Å². The molecule has 174 valence electrons. The van der Waals surface area contributed by atoms with Crippen LogP contribution in [0.2, 0.25) is 10.0 Å². The van der Waals surface area contributed by atoms with Crippen LogP contribution >= 0.6 is 47.2 Å². The predicted molar refractivity (Wildman–Crippen MR) is 143 cm³/mol. The maximum Gasteiger partial charge on any atom is 0.270 e. The summed E-state index contributed by atoms with van der Waals surface area (Å²) in [4.78, 5) is 16.1.